The van der Waals surface area contributed by atoms with E-state index in [0.29, 0.717) is 19.8 Å². The predicted molar refractivity (Wildman–Crippen MR) is 121 cm³/mol. The van der Waals surface area contributed by atoms with Gasteiger partial charge in [-0.25, -0.2) is 0 Å². The molecule has 0 bridgehead atoms. The molecule has 31 heavy (non-hydrogen) atoms. The van der Waals surface area contributed by atoms with Gasteiger partial charge in [-0.15, -0.1) is 0 Å². The number of anilines is 1. The number of ether oxygens (including phenoxy) is 1. The summed E-state index contributed by atoms with van der Waals surface area (Å²) in [5.41, 5.74) is 3.22. The van der Waals surface area contributed by atoms with E-state index in [0.717, 1.165) is 29.9 Å². The molecule has 3 rings (SSSR count). The first-order valence-electron chi connectivity index (χ1n) is 10.8. The summed E-state index contributed by atoms with van der Waals surface area (Å²) < 4.78 is 5.51. The number of hydrogen-bond acceptors (Lipinski definition) is 4. The van der Waals surface area contributed by atoms with Gasteiger partial charge in [0, 0.05) is 25.3 Å². The zero-order valence-electron chi connectivity index (χ0n) is 18.6. The van der Waals surface area contributed by atoms with Crippen molar-refractivity contribution in [3.8, 4) is 0 Å². The maximum absolute atomic E-state index is 12.5. The number of quaternary nitrogens is 1. The summed E-state index contributed by atoms with van der Waals surface area (Å²) in [7, 11) is 4.02. The Labute approximate surface area is 184 Å². The van der Waals surface area contributed by atoms with Crippen LogP contribution in [-0.4, -0.2) is 58.8 Å². The number of morpholine rings is 1. The molecule has 1 heterocycles. The van der Waals surface area contributed by atoms with Crippen LogP contribution in [0.3, 0.4) is 0 Å². The zero-order chi connectivity index (χ0) is 22.2. The first-order chi connectivity index (χ1) is 15.0. The molecule has 2 atom stereocenters. The highest BCUT2D eigenvalue weighted by Gasteiger charge is 2.28. The lowest BCUT2D eigenvalue weighted by molar-refractivity contribution is -0.937. The van der Waals surface area contributed by atoms with Gasteiger partial charge in [0.2, 0.25) is 0 Å². The fourth-order valence-electron chi connectivity index (χ4n) is 3.85. The topological polar surface area (TPSA) is 75.1 Å². The van der Waals surface area contributed by atoms with Crippen LogP contribution in [0.5, 0.6) is 0 Å². The molecule has 2 amide bonds. The summed E-state index contributed by atoms with van der Waals surface area (Å²) in [5.74, 6) is -1.22. The predicted octanol–water partition coefficient (Wildman–Crippen LogP) is 0.702. The van der Waals surface area contributed by atoms with Gasteiger partial charge in [0.25, 0.3) is 0 Å². The Kier molecular flexibility index (Phi) is 8.03. The van der Waals surface area contributed by atoms with Crippen molar-refractivity contribution in [2.75, 3.05) is 51.8 Å². The first-order valence-corrected chi connectivity index (χ1v) is 10.8. The molecule has 0 radical (unpaired) electrons. The molecule has 0 unspecified atom stereocenters. The third-order valence-electron chi connectivity index (χ3n) is 5.76. The van der Waals surface area contributed by atoms with Crippen molar-refractivity contribution in [3.63, 3.8) is 0 Å². The van der Waals surface area contributed by atoms with Crippen LogP contribution in [0.2, 0.25) is 0 Å². The Morgan fingerprint density at radius 1 is 0.968 bits per heavy atom. The average Bonchev–Trinajstić information content (AvgIpc) is 2.80. The van der Waals surface area contributed by atoms with Gasteiger partial charge in [0.1, 0.15) is 19.1 Å². The Balaban J connectivity index is 1.63. The van der Waals surface area contributed by atoms with Crippen LogP contribution in [0.1, 0.15) is 30.1 Å². The molecule has 1 fully saturated rings. The van der Waals surface area contributed by atoms with Gasteiger partial charge in [-0.2, -0.15) is 0 Å². The van der Waals surface area contributed by atoms with E-state index in [1.54, 1.807) is 0 Å². The van der Waals surface area contributed by atoms with E-state index >= 15 is 0 Å². The smallest absolute Gasteiger partial charge is 0.309 e. The van der Waals surface area contributed by atoms with Crippen LogP contribution < -0.4 is 20.4 Å². The molecule has 1 aliphatic rings. The molecule has 0 aromatic heterocycles. The van der Waals surface area contributed by atoms with Crippen molar-refractivity contribution >= 4 is 17.5 Å². The monoisotopic (exact) mass is 425 g/mol. The van der Waals surface area contributed by atoms with E-state index in [1.807, 2.05) is 51.4 Å². The van der Waals surface area contributed by atoms with Crippen molar-refractivity contribution in [2.24, 2.45) is 0 Å². The Morgan fingerprint density at radius 3 is 2.23 bits per heavy atom. The van der Waals surface area contributed by atoms with Gasteiger partial charge in [-0.1, -0.05) is 42.5 Å². The average molecular weight is 426 g/mol. The third-order valence-corrected chi connectivity index (χ3v) is 5.76. The van der Waals surface area contributed by atoms with Gasteiger partial charge >= 0.3 is 11.8 Å². The zero-order valence-corrected chi connectivity index (χ0v) is 18.6. The molecule has 7 heteroatoms. The summed E-state index contributed by atoms with van der Waals surface area (Å²) in [4.78, 5) is 28.3. The first kappa shape index (κ1) is 22.8. The van der Waals surface area contributed by atoms with Crippen molar-refractivity contribution < 1.29 is 19.2 Å². The number of benzene rings is 2. The number of amides is 2. The molecular weight excluding hydrogens is 392 g/mol. The summed E-state index contributed by atoms with van der Waals surface area (Å²) in [6, 6.07) is 17.8. The number of rotatable bonds is 7. The minimum absolute atomic E-state index is 0.0587. The van der Waals surface area contributed by atoms with Gasteiger partial charge in [-0.3, -0.25) is 9.59 Å². The molecule has 3 N–H and O–H groups in total. The maximum atomic E-state index is 12.5. The highest BCUT2D eigenvalue weighted by Crippen LogP contribution is 2.16. The summed E-state index contributed by atoms with van der Waals surface area (Å²) >= 11 is 0. The maximum Gasteiger partial charge on any atom is 0.309 e. The molecular formula is C24H33N4O3+. The Morgan fingerprint density at radius 2 is 1.61 bits per heavy atom. The summed E-state index contributed by atoms with van der Waals surface area (Å²) in [6.07, 6.45) is 0. The lowest BCUT2D eigenvalue weighted by Gasteiger charge is -2.32. The van der Waals surface area contributed by atoms with Crippen LogP contribution in [0.4, 0.5) is 5.69 Å². The fourth-order valence-corrected chi connectivity index (χ4v) is 3.85. The van der Waals surface area contributed by atoms with Crippen molar-refractivity contribution in [2.45, 2.75) is 19.0 Å². The molecule has 0 aliphatic carbocycles. The molecule has 2 aromatic carbocycles. The minimum Gasteiger partial charge on any atom is -0.378 e. The van der Waals surface area contributed by atoms with Gasteiger partial charge in [0.15, 0.2) is 0 Å². The quantitative estimate of drug-likeness (QED) is 0.571. The van der Waals surface area contributed by atoms with E-state index < -0.39 is 11.8 Å². The highest BCUT2D eigenvalue weighted by atomic mass is 16.5. The largest absolute Gasteiger partial charge is 0.378 e. The van der Waals surface area contributed by atoms with Gasteiger partial charge < -0.3 is 25.2 Å². The van der Waals surface area contributed by atoms with Gasteiger partial charge in [-0.05, 0) is 24.6 Å². The molecule has 1 aliphatic heterocycles. The normalized spacial score (nSPS) is 16.2. The van der Waals surface area contributed by atoms with E-state index in [9.17, 15) is 9.59 Å². The standard InChI is InChI=1S/C24H32N4O3/c1-18(19-7-5-4-6-8-19)26-24(30)23(29)25-17-22(28-13-15-31-16-14-28)20-9-11-21(12-10-20)27(2)3/h4-12,18,22H,13-17H2,1-3H3,(H,25,29)(H,26,30)/p+1/t18-,22+/m0/s1. The fraction of sp³-hybridized carbons (Fsp3) is 0.417. The molecule has 0 saturated carbocycles. The van der Waals surface area contributed by atoms with Crippen molar-refractivity contribution in [1.29, 1.82) is 0 Å². The van der Waals surface area contributed by atoms with E-state index in [4.69, 9.17) is 4.74 Å². The number of hydrogen-bond donors (Lipinski definition) is 3. The minimum atomic E-state index is -0.616. The Bertz CT molecular complexity index is 849. The second kappa shape index (κ2) is 10.9. The molecule has 0 spiro atoms. The summed E-state index contributed by atoms with van der Waals surface area (Å²) in [6.45, 7) is 5.39. The van der Waals surface area contributed by atoms with E-state index in [2.05, 4.69) is 39.8 Å². The number of carbonyl (C=O) groups is 2. The van der Waals surface area contributed by atoms with Crippen LogP contribution in [0.25, 0.3) is 0 Å². The van der Waals surface area contributed by atoms with Crippen LogP contribution in [0.15, 0.2) is 54.6 Å². The molecule has 166 valence electrons. The molecule has 7 nitrogen and oxygen atoms in total. The summed E-state index contributed by atoms with van der Waals surface area (Å²) in [5, 5.41) is 5.63. The van der Waals surface area contributed by atoms with E-state index in [1.165, 1.54) is 4.90 Å². The second-order valence-electron chi connectivity index (χ2n) is 8.13. The lowest BCUT2D eigenvalue weighted by Crippen LogP contribution is -3.15. The second-order valence-corrected chi connectivity index (χ2v) is 8.13. The number of carbonyl (C=O) groups excluding carboxylic acids is 2. The van der Waals surface area contributed by atoms with Crippen LogP contribution >= 0.6 is 0 Å². The SMILES string of the molecule is C[C@H](NC(=O)C(=O)NC[C@H](c1ccc(N(C)C)cc1)[NH+]1CCOCC1)c1ccccc1. The molecule has 2 aromatic rings. The number of nitrogens with one attached hydrogen (secondary N) is 3. The van der Waals surface area contributed by atoms with Crippen LogP contribution in [-0.2, 0) is 14.3 Å². The van der Waals surface area contributed by atoms with Crippen molar-refractivity contribution in [1.82, 2.24) is 10.6 Å². The third kappa shape index (κ3) is 6.29. The lowest BCUT2D eigenvalue weighted by atomic mass is 10.0. The van der Waals surface area contributed by atoms with Gasteiger partial charge in [0.05, 0.1) is 25.8 Å². The molecule has 1 saturated heterocycles. The van der Waals surface area contributed by atoms with Crippen LogP contribution in [0, 0.1) is 0 Å². The Hall–Kier alpha value is -2.90. The van der Waals surface area contributed by atoms with E-state index in [-0.39, 0.29) is 12.1 Å². The highest BCUT2D eigenvalue weighted by molar-refractivity contribution is 6.35. The number of nitrogens with zero attached hydrogens (tertiary/aromatic N) is 1. The van der Waals surface area contributed by atoms with Crippen molar-refractivity contribution in [3.05, 3.63) is 65.7 Å².